The number of rotatable bonds is 5. The quantitative estimate of drug-likeness (QED) is 0.572. The van der Waals surface area contributed by atoms with Crippen molar-refractivity contribution in [2.45, 2.75) is 58.0 Å². The van der Waals surface area contributed by atoms with Gasteiger partial charge in [0.05, 0.1) is 11.8 Å². The lowest BCUT2D eigenvalue weighted by Crippen LogP contribution is -2.33. The van der Waals surface area contributed by atoms with Crippen LogP contribution in [0.2, 0.25) is 0 Å². The molecule has 0 atom stereocenters. The van der Waals surface area contributed by atoms with Crippen molar-refractivity contribution in [3.05, 3.63) is 53.7 Å². The van der Waals surface area contributed by atoms with Crippen LogP contribution in [0.5, 0.6) is 0 Å². The van der Waals surface area contributed by atoms with E-state index in [1.807, 2.05) is 18.5 Å². The van der Waals surface area contributed by atoms with Gasteiger partial charge in [0.15, 0.2) is 5.82 Å². The molecule has 0 saturated carbocycles. The first-order chi connectivity index (χ1) is 15.1. The molecular weight excluding hydrogens is 389 g/mol. The van der Waals surface area contributed by atoms with Crippen molar-refractivity contribution in [2.75, 3.05) is 31.1 Å². The van der Waals surface area contributed by atoms with E-state index in [1.165, 1.54) is 29.6 Å². The number of hydrogen-bond acceptors (Lipinski definition) is 4. The summed E-state index contributed by atoms with van der Waals surface area (Å²) in [6, 6.07) is 9.57. The molecule has 4 heterocycles. The third-order valence-corrected chi connectivity index (χ3v) is 6.85. The van der Waals surface area contributed by atoms with Crippen LogP contribution in [0.4, 0.5) is 10.2 Å². The van der Waals surface area contributed by atoms with E-state index in [-0.39, 0.29) is 5.82 Å². The molecule has 2 saturated heterocycles. The number of fused-ring (bicyclic) bond motifs is 1. The van der Waals surface area contributed by atoms with E-state index in [0.29, 0.717) is 12.0 Å². The monoisotopic (exact) mass is 421 g/mol. The molecule has 2 aliphatic heterocycles. The molecule has 31 heavy (non-hydrogen) atoms. The van der Waals surface area contributed by atoms with Crippen molar-refractivity contribution in [3.8, 4) is 0 Å². The van der Waals surface area contributed by atoms with Gasteiger partial charge < -0.3 is 9.47 Å². The molecule has 5 rings (SSSR count). The van der Waals surface area contributed by atoms with Crippen molar-refractivity contribution in [2.24, 2.45) is 0 Å². The maximum atomic E-state index is 13.2. The van der Waals surface area contributed by atoms with Gasteiger partial charge in [-0.3, -0.25) is 4.90 Å². The molecule has 164 valence electrons. The fourth-order valence-electron chi connectivity index (χ4n) is 5.04. The summed E-state index contributed by atoms with van der Waals surface area (Å²) < 4.78 is 15.5. The van der Waals surface area contributed by atoms with Crippen molar-refractivity contribution < 1.29 is 4.39 Å². The molecule has 1 aromatic carbocycles. The van der Waals surface area contributed by atoms with Gasteiger partial charge in [-0.25, -0.2) is 14.4 Å². The summed E-state index contributed by atoms with van der Waals surface area (Å²) in [4.78, 5) is 14.8. The molecule has 0 amide bonds. The summed E-state index contributed by atoms with van der Waals surface area (Å²) in [7, 11) is 0. The zero-order valence-corrected chi connectivity index (χ0v) is 18.6. The van der Waals surface area contributed by atoms with E-state index in [1.54, 1.807) is 12.1 Å². The van der Waals surface area contributed by atoms with E-state index in [2.05, 4.69) is 34.3 Å². The average molecular weight is 422 g/mol. The third-order valence-electron chi connectivity index (χ3n) is 6.85. The molecule has 0 spiro atoms. The standard InChI is InChI=1S/C25H32FN5/c1-18(2)31-17-27-24-23(31)15-22(28-25(24)30-11-3-4-12-30)20-9-13-29(14-10-20)16-19-5-7-21(26)8-6-19/h5-8,15,17-18,20H,3-4,9-14,16H2,1-2H3. The highest BCUT2D eigenvalue weighted by Gasteiger charge is 2.26. The summed E-state index contributed by atoms with van der Waals surface area (Å²) in [6.07, 6.45) is 6.66. The Bertz CT molecular complexity index is 1030. The van der Waals surface area contributed by atoms with Crippen LogP contribution < -0.4 is 4.90 Å². The molecule has 5 nitrogen and oxygen atoms in total. The van der Waals surface area contributed by atoms with Crippen molar-refractivity contribution in [1.82, 2.24) is 19.4 Å². The number of likely N-dealkylation sites (tertiary alicyclic amines) is 1. The number of piperidine rings is 1. The van der Waals surface area contributed by atoms with E-state index < -0.39 is 0 Å². The number of hydrogen-bond donors (Lipinski definition) is 0. The van der Waals surface area contributed by atoms with E-state index >= 15 is 0 Å². The second-order valence-corrected chi connectivity index (χ2v) is 9.36. The van der Waals surface area contributed by atoms with E-state index in [0.717, 1.165) is 56.9 Å². The second kappa shape index (κ2) is 8.58. The molecule has 0 bridgehead atoms. The average Bonchev–Trinajstić information content (AvgIpc) is 3.45. The molecule has 0 N–H and O–H groups in total. The van der Waals surface area contributed by atoms with Crippen LogP contribution in [-0.2, 0) is 6.54 Å². The van der Waals surface area contributed by atoms with Gasteiger partial charge in [-0.15, -0.1) is 0 Å². The van der Waals surface area contributed by atoms with Gasteiger partial charge >= 0.3 is 0 Å². The maximum absolute atomic E-state index is 13.2. The largest absolute Gasteiger partial charge is 0.355 e. The summed E-state index contributed by atoms with van der Waals surface area (Å²) in [5.41, 5.74) is 4.67. The van der Waals surface area contributed by atoms with Gasteiger partial charge in [0.2, 0.25) is 0 Å². The summed E-state index contributed by atoms with van der Waals surface area (Å²) in [5, 5.41) is 0. The first kappa shape index (κ1) is 20.4. The predicted molar refractivity (Wildman–Crippen MR) is 123 cm³/mol. The lowest BCUT2D eigenvalue weighted by molar-refractivity contribution is 0.203. The number of aromatic nitrogens is 3. The molecular formula is C25H32FN5. The smallest absolute Gasteiger partial charge is 0.157 e. The SMILES string of the molecule is CC(C)n1cnc2c(N3CCCC3)nc(C3CCN(Cc4ccc(F)cc4)CC3)cc21. The summed E-state index contributed by atoms with van der Waals surface area (Å²) >= 11 is 0. The van der Waals surface area contributed by atoms with Crippen molar-refractivity contribution in [3.63, 3.8) is 0 Å². The Morgan fingerprint density at radius 2 is 1.74 bits per heavy atom. The molecule has 0 aliphatic carbocycles. The molecule has 6 heteroatoms. The number of imidazole rings is 1. The molecule has 2 fully saturated rings. The highest BCUT2D eigenvalue weighted by Crippen LogP contribution is 2.34. The van der Waals surface area contributed by atoms with Crippen molar-refractivity contribution in [1.29, 1.82) is 0 Å². The number of anilines is 1. The van der Waals surface area contributed by atoms with Gasteiger partial charge in [-0.05, 0) is 76.4 Å². The Balaban J connectivity index is 1.37. The fourth-order valence-corrected chi connectivity index (χ4v) is 5.04. The number of benzene rings is 1. The van der Waals surface area contributed by atoms with Crippen LogP contribution in [0.15, 0.2) is 36.7 Å². The summed E-state index contributed by atoms with van der Waals surface area (Å²) in [5.74, 6) is 1.39. The van der Waals surface area contributed by atoms with Crippen LogP contribution in [0, 0.1) is 5.82 Å². The highest BCUT2D eigenvalue weighted by atomic mass is 19.1. The Morgan fingerprint density at radius 3 is 2.42 bits per heavy atom. The first-order valence-corrected chi connectivity index (χ1v) is 11.7. The molecule has 2 aromatic heterocycles. The molecule has 0 radical (unpaired) electrons. The fraction of sp³-hybridized carbons (Fsp3) is 0.520. The van der Waals surface area contributed by atoms with Crippen LogP contribution >= 0.6 is 0 Å². The minimum Gasteiger partial charge on any atom is -0.355 e. The van der Waals surface area contributed by atoms with Crippen molar-refractivity contribution >= 4 is 16.9 Å². The number of halogens is 1. The van der Waals surface area contributed by atoms with E-state index in [4.69, 9.17) is 9.97 Å². The number of nitrogens with zero attached hydrogens (tertiary/aromatic N) is 5. The lowest BCUT2D eigenvalue weighted by Gasteiger charge is -2.32. The molecule has 0 unspecified atom stereocenters. The highest BCUT2D eigenvalue weighted by molar-refractivity contribution is 5.87. The first-order valence-electron chi connectivity index (χ1n) is 11.7. The van der Waals surface area contributed by atoms with Gasteiger partial charge in [0.25, 0.3) is 0 Å². The summed E-state index contributed by atoms with van der Waals surface area (Å²) in [6.45, 7) is 9.56. The van der Waals surface area contributed by atoms with Crippen LogP contribution in [0.3, 0.4) is 0 Å². The third kappa shape index (κ3) is 4.18. The maximum Gasteiger partial charge on any atom is 0.157 e. The minimum absolute atomic E-state index is 0.168. The van der Waals surface area contributed by atoms with Gasteiger partial charge in [0.1, 0.15) is 11.3 Å². The van der Waals surface area contributed by atoms with E-state index in [9.17, 15) is 4.39 Å². The lowest BCUT2D eigenvalue weighted by atomic mass is 9.92. The molecule has 3 aromatic rings. The van der Waals surface area contributed by atoms with Crippen LogP contribution in [0.1, 0.15) is 62.7 Å². The Kier molecular flexibility index (Phi) is 5.65. The Labute approximate surface area is 183 Å². The Hall–Kier alpha value is -2.47. The topological polar surface area (TPSA) is 37.2 Å². The zero-order valence-electron chi connectivity index (χ0n) is 18.6. The van der Waals surface area contributed by atoms with Gasteiger partial charge in [0, 0.05) is 37.3 Å². The van der Waals surface area contributed by atoms with Gasteiger partial charge in [-0.2, -0.15) is 0 Å². The predicted octanol–water partition coefficient (Wildman–Crippen LogP) is 5.13. The van der Waals surface area contributed by atoms with Gasteiger partial charge in [-0.1, -0.05) is 12.1 Å². The zero-order chi connectivity index (χ0) is 21.4. The molecule has 2 aliphatic rings. The minimum atomic E-state index is -0.168. The van der Waals surface area contributed by atoms with Crippen LogP contribution in [0.25, 0.3) is 11.0 Å². The Morgan fingerprint density at radius 1 is 1.03 bits per heavy atom. The number of pyridine rings is 1. The normalized spacial score (nSPS) is 18.5. The van der Waals surface area contributed by atoms with Crippen LogP contribution in [-0.4, -0.2) is 45.6 Å². The second-order valence-electron chi connectivity index (χ2n) is 9.36.